The van der Waals surface area contributed by atoms with Crippen molar-refractivity contribution >= 4 is 44.7 Å². The van der Waals surface area contributed by atoms with Gasteiger partial charge in [0.2, 0.25) is 5.91 Å². The quantitative estimate of drug-likeness (QED) is 0.802. The predicted octanol–water partition coefficient (Wildman–Crippen LogP) is 3.71. The van der Waals surface area contributed by atoms with Gasteiger partial charge in [-0.2, -0.15) is 0 Å². The van der Waals surface area contributed by atoms with Gasteiger partial charge in [0.25, 0.3) is 0 Å². The van der Waals surface area contributed by atoms with E-state index in [1.165, 1.54) is 0 Å². The Kier molecular flexibility index (Phi) is 5.94. The number of aryl methyl sites for hydroxylation is 2. The van der Waals surface area contributed by atoms with Crippen molar-refractivity contribution in [2.75, 3.05) is 5.32 Å². The largest absolute Gasteiger partial charge is 0.393 e. The lowest BCUT2D eigenvalue weighted by Gasteiger charge is -2.16. The number of carbonyl (C=O) groups is 1. The monoisotopic (exact) mass is 342 g/mol. The van der Waals surface area contributed by atoms with Crippen molar-refractivity contribution in [3.63, 3.8) is 0 Å². The summed E-state index contributed by atoms with van der Waals surface area (Å²) in [4.78, 5) is 12.4. The fourth-order valence-electron chi connectivity index (χ4n) is 1.94. The van der Waals surface area contributed by atoms with Crippen molar-refractivity contribution in [1.29, 1.82) is 0 Å². The standard InChI is InChI=1S/C14H19BrN2OS/c1-4-5-11(13(16)19)14(18)17-10-6-8(2)12(15)9(3)7-10/h6-7,11H,4-5H2,1-3H3,(H2,16,19)(H,17,18). The van der Waals surface area contributed by atoms with E-state index in [2.05, 4.69) is 21.2 Å². The number of nitrogens with two attached hydrogens (primary N) is 1. The number of nitrogens with one attached hydrogen (secondary N) is 1. The van der Waals surface area contributed by atoms with E-state index in [4.69, 9.17) is 18.0 Å². The molecular formula is C14H19BrN2OS. The zero-order valence-corrected chi connectivity index (χ0v) is 13.8. The molecule has 0 aromatic heterocycles. The van der Waals surface area contributed by atoms with Crippen LogP contribution in [0.3, 0.4) is 0 Å². The van der Waals surface area contributed by atoms with E-state index >= 15 is 0 Å². The third-order valence-electron chi connectivity index (χ3n) is 2.94. The van der Waals surface area contributed by atoms with Gasteiger partial charge in [0.05, 0.1) is 10.9 Å². The molecule has 1 unspecified atom stereocenters. The molecule has 5 heteroatoms. The van der Waals surface area contributed by atoms with Crippen LogP contribution in [0, 0.1) is 19.8 Å². The Hall–Kier alpha value is -0.940. The van der Waals surface area contributed by atoms with Gasteiger partial charge < -0.3 is 11.1 Å². The number of benzene rings is 1. The van der Waals surface area contributed by atoms with Crippen molar-refractivity contribution in [1.82, 2.24) is 0 Å². The summed E-state index contributed by atoms with van der Waals surface area (Å²) in [5.74, 6) is -0.528. The minimum Gasteiger partial charge on any atom is -0.393 e. The number of amides is 1. The first kappa shape index (κ1) is 16.1. The van der Waals surface area contributed by atoms with E-state index < -0.39 is 5.92 Å². The molecule has 3 N–H and O–H groups in total. The molecule has 1 atom stereocenters. The van der Waals surface area contributed by atoms with Crippen LogP contribution in [0.2, 0.25) is 0 Å². The highest BCUT2D eigenvalue weighted by Crippen LogP contribution is 2.25. The molecule has 0 aliphatic rings. The van der Waals surface area contributed by atoms with Gasteiger partial charge in [-0.3, -0.25) is 4.79 Å². The molecule has 1 amide bonds. The maximum Gasteiger partial charge on any atom is 0.234 e. The average molecular weight is 343 g/mol. The van der Waals surface area contributed by atoms with Crippen molar-refractivity contribution in [2.45, 2.75) is 33.6 Å². The lowest BCUT2D eigenvalue weighted by molar-refractivity contribution is -0.118. The van der Waals surface area contributed by atoms with Crippen molar-refractivity contribution in [3.05, 3.63) is 27.7 Å². The number of rotatable bonds is 5. The third kappa shape index (κ3) is 4.28. The van der Waals surface area contributed by atoms with Crippen LogP contribution < -0.4 is 11.1 Å². The molecule has 0 bridgehead atoms. The highest BCUT2D eigenvalue weighted by molar-refractivity contribution is 9.10. The Labute approximate surface area is 128 Å². The summed E-state index contributed by atoms with van der Waals surface area (Å²) in [6.07, 6.45) is 1.55. The van der Waals surface area contributed by atoms with Crippen LogP contribution in [0.4, 0.5) is 5.69 Å². The molecule has 1 aromatic rings. The molecule has 0 saturated carbocycles. The van der Waals surface area contributed by atoms with Crippen LogP contribution in [0.15, 0.2) is 16.6 Å². The molecule has 0 spiro atoms. The molecule has 104 valence electrons. The average Bonchev–Trinajstić information content (AvgIpc) is 2.32. The zero-order valence-electron chi connectivity index (χ0n) is 11.4. The van der Waals surface area contributed by atoms with E-state index in [0.29, 0.717) is 6.42 Å². The molecule has 0 radical (unpaired) electrons. The van der Waals surface area contributed by atoms with E-state index in [-0.39, 0.29) is 10.9 Å². The summed E-state index contributed by atoms with van der Waals surface area (Å²) < 4.78 is 1.06. The van der Waals surface area contributed by atoms with Gasteiger partial charge in [0.1, 0.15) is 0 Å². The van der Waals surface area contributed by atoms with Crippen molar-refractivity contribution in [3.8, 4) is 0 Å². The molecule has 1 aromatic carbocycles. The highest BCUT2D eigenvalue weighted by Gasteiger charge is 2.20. The van der Waals surface area contributed by atoms with Gasteiger partial charge in [-0.25, -0.2) is 0 Å². The Morgan fingerprint density at radius 2 is 1.95 bits per heavy atom. The summed E-state index contributed by atoms with van der Waals surface area (Å²) in [5.41, 5.74) is 8.56. The van der Waals surface area contributed by atoms with Crippen LogP contribution in [0.1, 0.15) is 30.9 Å². The van der Waals surface area contributed by atoms with Crippen LogP contribution in [0.5, 0.6) is 0 Å². The van der Waals surface area contributed by atoms with Crippen LogP contribution >= 0.6 is 28.1 Å². The number of carbonyl (C=O) groups excluding carboxylic acids is 1. The normalized spacial score (nSPS) is 12.0. The molecule has 3 nitrogen and oxygen atoms in total. The maximum atomic E-state index is 12.2. The molecule has 0 saturated heterocycles. The lowest BCUT2D eigenvalue weighted by atomic mass is 10.0. The van der Waals surface area contributed by atoms with Crippen LogP contribution in [0.25, 0.3) is 0 Å². The van der Waals surface area contributed by atoms with Gasteiger partial charge >= 0.3 is 0 Å². The first-order valence-electron chi connectivity index (χ1n) is 6.23. The van der Waals surface area contributed by atoms with Gasteiger partial charge in [0.15, 0.2) is 0 Å². The summed E-state index contributed by atoms with van der Waals surface area (Å²) in [5, 5.41) is 2.89. The van der Waals surface area contributed by atoms with E-state index in [9.17, 15) is 4.79 Å². The Morgan fingerprint density at radius 3 is 2.37 bits per heavy atom. The fraction of sp³-hybridized carbons (Fsp3) is 0.429. The second-order valence-corrected chi connectivity index (χ2v) is 5.92. The lowest BCUT2D eigenvalue weighted by Crippen LogP contribution is -2.33. The van der Waals surface area contributed by atoms with Crippen LogP contribution in [-0.4, -0.2) is 10.9 Å². The van der Waals surface area contributed by atoms with Gasteiger partial charge in [-0.15, -0.1) is 0 Å². The molecular weight excluding hydrogens is 324 g/mol. The first-order chi connectivity index (χ1) is 8.86. The molecule has 0 aliphatic carbocycles. The first-order valence-corrected chi connectivity index (χ1v) is 7.43. The summed E-state index contributed by atoms with van der Waals surface area (Å²) in [7, 11) is 0. The fourth-order valence-corrected chi connectivity index (χ4v) is 2.39. The highest BCUT2D eigenvalue weighted by atomic mass is 79.9. The third-order valence-corrected chi connectivity index (χ3v) is 4.48. The second-order valence-electron chi connectivity index (χ2n) is 4.66. The topological polar surface area (TPSA) is 55.1 Å². The van der Waals surface area contributed by atoms with Gasteiger partial charge in [-0.1, -0.05) is 41.5 Å². The number of hydrogen-bond acceptors (Lipinski definition) is 2. The number of anilines is 1. The second kappa shape index (κ2) is 7.01. The van der Waals surface area contributed by atoms with E-state index in [1.807, 2.05) is 32.9 Å². The summed E-state index contributed by atoms with van der Waals surface area (Å²) in [6.45, 7) is 5.99. The minimum atomic E-state index is -0.399. The minimum absolute atomic E-state index is 0.129. The Balaban J connectivity index is 2.89. The molecule has 0 aliphatic heterocycles. The van der Waals surface area contributed by atoms with Crippen LogP contribution in [-0.2, 0) is 4.79 Å². The SMILES string of the molecule is CCCC(C(=O)Nc1cc(C)c(Br)c(C)c1)C(N)=S. The van der Waals surface area contributed by atoms with Crippen molar-refractivity contribution in [2.24, 2.45) is 11.7 Å². The molecule has 0 heterocycles. The van der Waals surface area contributed by atoms with E-state index in [1.54, 1.807) is 0 Å². The number of thiocarbonyl (C=S) groups is 1. The zero-order chi connectivity index (χ0) is 14.6. The predicted molar refractivity (Wildman–Crippen MR) is 87.4 cm³/mol. The Morgan fingerprint density at radius 1 is 1.42 bits per heavy atom. The number of hydrogen-bond donors (Lipinski definition) is 2. The molecule has 19 heavy (non-hydrogen) atoms. The Bertz CT molecular complexity index is 479. The smallest absolute Gasteiger partial charge is 0.234 e. The number of halogens is 1. The summed E-state index contributed by atoms with van der Waals surface area (Å²) >= 11 is 8.46. The maximum absolute atomic E-state index is 12.2. The molecule has 1 rings (SSSR count). The molecule has 0 fully saturated rings. The van der Waals surface area contributed by atoms with Gasteiger partial charge in [-0.05, 0) is 43.5 Å². The van der Waals surface area contributed by atoms with Crippen molar-refractivity contribution < 1.29 is 4.79 Å². The summed E-state index contributed by atoms with van der Waals surface area (Å²) in [6, 6.07) is 3.86. The van der Waals surface area contributed by atoms with E-state index in [0.717, 1.165) is 27.7 Å². The van der Waals surface area contributed by atoms with Gasteiger partial charge in [0, 0.05) is 10.2 Å².